The van der Waals surface area contributed by atoms with Gasteiger partial charge in [0.2, 0.25) is 0 Å². The standard InChI is InChI=1S/C14H16Br2N2/c1-14(2,3)11-7-10(17-4)12-8(15)5-6-9(16)13(12)18-11/h5-7H,1-4H3,(H,17,18). The molecule has 0 spiro atoms. The number of rotatable bonds is 1. The Morgan fingerprint density at radius 1 is 1.11 bits per heavy atom. The van der Waals surface area contributed by atoms with Gasteiger partial charge in [0.25, 0.3) is 0 Å². The molecule has 2 rings (SSSR count). The van der Waals surface area contributed by atoms with Gasteiger partial charge in [-0.05, 0) is 34.1 Å². The monoisotopic (exact) mass is 370 g/mol. The quantitative estimate of drug-likeness (QED) is 0.754. The first-order chi connectivity index (χ1) is 8.34. The summed E-state index contributed by atoms with van der Waals surface area (Å²) >= 11 is 7.18. The van der Waals surface area contributed by atoms with Crippen molar-refractivity contribution in [2.75, 3.05) is 12.4 Å². The van der Waals surface area contributed by atoms with Crippen LogP contribution < -0.4 is 5.32 Å². The van der Waals surface area contributed by atoms with E-state index in [4.69, 9.17) is 4.98 Å². The lowest BCUT2D eigenvalue weighted by Gasteiger charge is -2.20. The Bertz CT molecular complexity index is 601. The molecule has 0 atom stereocenters. The largest absolute Gasteiger partial charge is 0.387 e. The molecular formula is C14H16Br2N2. The molecular weight excluding hydrogens is 356 g/mol. The van der Waals surface area contributed by atoms with Crippen molar-refractivity contribution in [1.29, 1.82) is 0 Å². The van der Waals surface area contributed by atoms with Crippen molar-refractivity contribution < 1.29 is 0 Å². The molecule has 0 aliphatic carbocycles. The lowest BCUT2D eigenvalue weighted by atomic mass is 9.91. The summed E-state index contributed by atoms with van der Waals surface area (Å²) in [5.41, 5.74) is 3.19. The second-order valence-corrected chi connectivity index (χ2v) is 7.02. The smallest absolute Gasteiger partial charge is 0.0879 e. The third-order valence-corrected chi connectivity index (χ3v) is 4.20. The van der Waals surface area contributed by atoms with Gasteiger partial charge in [-0.25, -0.2) is 0 Å². The maximum atomic E-state index is 4.80. The molecule has 0 bridgehead atoms. The molecule has 0 radical (unpaired) electrons. The molecule has 4 heteroatoms. The van der Waals surface area contributed by atoms with Crippen LogP contribution in [0.2, 0.25) is 0 Å². The van der Waals surface area contributed by atoms with E-state index in [-0.39, 0.29) is 5.41 Å². The van der Waals surface area contributed by atoms with Crippen LogP contribution in [-0.4, -0.2) is 12.0 Å². The Kier molecular flexibility index (Phi) is 3.70. The van der Waals surface area contributed by atoms with Crippen molar-refractivity contribution in [2.45, 2.75) is 26.2 Å². The van der Waals surface area contributed by atoms with Gasteiger partial charge >= 0.3 is 0 Å². The van der Waals surface area contributed by atoms with E-state index in [1.165, 1.54) is 0 Å². The fourth-order valence-electron chi connectivity index (χ4n) is 1.85. The van der Waals surface area contributed by atoms with E-state index in [0.717, 1.165) is 31.2 Å². The fourth-order valence-corrected chi connectivity index (χ4v) is 2.80. The van der Waals surface area contributed by atoms with E-state index in [9.17, 15) is 0 Å². The number of benzene rings is 1. The van der Waals surface area contributed by atoms with Crippen molar-refractivity contribution in [1.82, 2.24) is 4.98 Å². The molecule has 0 aliphatic heterocycles. The summed E-state index contributed by atoms with van der Waals surface area (Å²) < 4.78 is 2.07. The van der Waals surface area contributed by atoms with Crippen molar-refractivity contribution in [2.24, 2.45) is 0 Å². The number of hydrogen-bond acceptors (Lipinski definition) is 2. The number of pyridine rings is 1. The summed E-state index contributed by atoms with van der Waals surface area (Å²) in [6.45, 7) is 6.52. The number of anilines is 1. The molecule has 1 heterocycles. The minimum atomic E-state index is 0.0293. The molecule has 1 aromatic heterocycles. The van der Waals surface area contributed by atoms with Gasteiger partial charge in [-0.2, -0.15) is 0 Å². The Hall–Kier alpha value is -0.610. The van der Waals surface area contributed by atoms with Gasteiger partial charge in [0, 0.05) is 38.2 Å². The molecule has 0 amide bonds. The zero-order chi connectivity index (χ0) is 13.5. The molecule has 1 aromatic carbocycles. The van der Waals surface area contributed by atoms with Crippen LogP contribution in [0, 0.1) is 0 Å². The third kappa shape index (κ3) is 2.41. The van der Waals surface area contributed by atoms with Crippen LogP contribution in [0.4, 0.5) is 5.69 Å². The average molecular weight is 372 g/mol. The average Bonchev–Trinajstić information content (AvgIpc) is 2.31. The SMILES string of the molecule is CNc1cc(C(C)(C)C)nc2c(Br)ccc(Br)c12. The van der Waals surface area contributed by atoms with Crippen molar-refractivity contribution in [3.8, 4) is 0 Å². The zero-order valence-electron chi connectivity index (χ0n) is 10.9. The first kappa shape index (κ1) is 13.8. The van der Waals surface area contributed by atoms with Crippen LogP contribution in [0.5, 0.6) is 0 Å². The normalized spacial score (nSPS) is 11.9. The van der Waals surface area contributed by atoms with Crippen LogP contribution in [-0.2, 0) is 5.41 Å². The highest BCUT2D eigenvalue weighted by atomic mass is 79.9. The molecule has 0 unspecified atom stereocenters. The lowest BCUT2D eigenvalue weighted by molar-refractivity contribution is 0.571. The summed E-state index contributed by atoms with van der Waals surface area (Å²) in [5.74, 6) is 0. The van der Waals surface area contributed by atoms with Crippen LogP contribution >= 0.6 is 31.9 Å². The maximum Gasteiger partial charge on any atom is 0.0879 e. The highest BCUT2D eigenvalue weighted by Crippen LogP contribution is 2.36. The van der Waals surface area contributed by atoms with E-state index in [1.54, 1.807) is 0 Å². The van der Waals surface area contributed by atoms with E-state index in [1.807, 2.05) is 19.2 Å². The number of nitrogens with zero attached hydrogens (tertiary/aromatic N) is 1. The first-order valence-electron chi connectivity index (χ1n) is 5.81. The van der Waals surface area contributed by atoms with Crippen molar-refractivity contribution in [3.05, 3.63) is 32.8 Å². The minimum Gasteiger partial charge on any atom is -0.387 e. The minimum absolute atomic E-state index is 0.0293. The van der Waals surface area contributed by atoms with Crippen molar-refractivity contribution >= 4 is 48.5 Å². The molecule has 0 aliphatic rings. The Balaban J connectivity index is 2.88. The number of nitrogens with one attached hydrogen (secondary N) is 1. The summed E-state index contributed by atoms with van der Waals surface area (Å²) in [4.78, 5) is 4.80. The molecule has 0 fully saturated rings. The van der Waals surface area contributed by atoms with E-state index in [2.05, 4.69) is 64.0 Å². The maximum absolute atomic E-state index is 4.80. The molecule has 18 heavy (non-hydrogen) atoms. The molecule has 0 saturated heterocycles. The van der Waals surface area contributed by atoms with Gasteiger partial charge in [0.15, 0.2) is 0 Å². The van der Waals surface area contributed by atoms with Gasteiger partial charge in [-0.1, -0.05) is 36.7 Å². The van der Waals surface area contributed by atoms with Gasteiger partial charge in [-0.15, -0.1) is 0 Å². The van der Waals surface area contributed by atoms with E-state index >= 15 is 0 Å². The molecule has 1 N–H and O–H groups in total. The second kappa shape index (κ2) is 4.82. The first-order valence-corrected chi connectivity index (χ1v) is 7.40. The highest BCUT2D eigenvalue weighted by molar-refractivity contribution is 9.11. The van der Waals surface area contributed by atoms with Crippen LogP contribution in [0.1, 0.15) is 26.5 Å². The number of aromatic nitrogens is 1. The Morgan fingerprint density at radius 3 is 2.28 bits per heavy atom. The van der Waals surface area contributed by atoms with Gasteiger partial charge in [0.05, 0.1) is 5.52 Å². The highest BCUT2D eigenvalue weighted by Gasteiger charge is 2.19. The summed E-state index contributed by atoms with van der Waals surface area (Å²) in [7, 11) is 1.94. The predicted molar refractivity (Wildman–Crippen MR) is 85.4 cm³/mol. The van der Waals surface area contributed by atoms with Crippen molar-refractivity contribution in [3.63, 3.8) is 0 Å². The van der Waals surface area contributed by atoms with Gasteiger partial charge in [-0.3, -0.25) is 4.98 Å². The summed E-state index contributed by atoms with van der Waals surface area (Å²) in [6, 6.07) is 6.18. The number of halogens is 2. The van der Waals surface area contributed by atoms with Crippen LogP contribution in [0.25, 0.3) is 10.9 Å². The van der Waals surface area contributed by atoms with Gasteiger partial charge in [0.1, 0.15) is 0 Å². The number of fused-ring (bicyclic) bond motifs is 1. The fraction of sp³-hybridized carbons (Fsp3) is 0.357. The zero-order valence-corrected chi connectivity index (χ0v) is 14.1. The van der Waals surface area contributed by atoms with E-state index in [0.29, 0.717) is 0 Å². The predicted octanol–water partition coefficient (Wildman–Crippen LogP) is 5.10. The number of hydrogen-bond donors (Lipinski definition) is 1. The third-order valence-electron chi connectivity index (χ3n) is 2.90. The molecule has 2 aromatic rings. The van der Waals surface area contributed by atoms with Crippen LogP contribution in [0.3, 0.4) is 0 Å². The Labute approximate surface area is 124 Å². The topological polar surface area (TPSA) is 24.9 Å². The Morgan fingerprint density at radius 2 is 1.72 bits per heavy atom. The molecule has 0 saturated carbocycles. The molecule has 96 valence electrons. The summed E-state index contributed by atoms with van der Waals surface area (Å²) in [6.07, 6.45) is 0. The molecule has 2 nitrogen and oxygen atoms in total. The lowest BCUT2D eigenvalue weighted by Crippen LogP contribution is -2.14. The van der Waals surface area contributed by atoms with Crippen LogP contribution in [0.15, 0.2) is 27.1 Å². The van der Waals surface area contributed by atoms with Gasteiger partial charge < -0.3 is 5.32 Å². The second-order valence-electron chi connectivity index (χ2n) is 5.31. The van der Waals surface area contributed by atoms with E-state index < -0.39 is 0 Å². The summed E-state index contributed by atoms with van der Waals surface area (Å²) in [5, 5.41) is 4.37.